The molecule has 138 valence electrons. The van der Waals surface area contributed by atoms with Gasteiger partial charge in [0, 0.05) is 10.6 Å². The number of carbonyl (C=O) groups is 1. The molecule has 7 heteroatoms. The van der Waals surface area contributed by atoms with E-state index in [1.54, 1.807) is 19.2 Å². The number of furan rings is 1. The van der Waals surface area contributed by atoms with Crippen LogP contribution in [0.15, 0.2) is 34.9 Å². The van der Waals surface area contributed by atoms with Gasteiger partial charge >= 0.3 is 0 Å². The number of nitrogens with one attached hydrogen (secondary N) is 1. The molecule has 0 aliphatic rings. The lowest BCUT2D eigenvalue weighted by atomic mass is 9.96. The predicted molar refractivity (Wildman–Crippen MR) is 102 cm³/mol. The molecule has 0 bridgehead atoms. The van der Waals surface area contributed by atoms with Crippen LogP contribution in [-0.2, 0) is 6.54 Å². The first kappa shape index (κ1) is 21.4. The maximum Gasteiger partial charge on any atom is 0.255 e. The molecule has 0 aliphatic carbocycles. The minimum atomic E-state index is -0.220. The third-order valence-electron chi connectivity index (χ3n) is 3.70. The molecule has 1 atom stereocenters. The number of hydrogen-bond acceptors (Lipinski definition) is 4. The largest absolute Gasteiger partial charge is 0.496 e. The zero-order valence-corrected chi connectivity index (χ0v) is 16.1. The molecule has 1 aromatic carbocycles. The van der Waals surface area contributed by atoms with E-state index in [2.05, 4.69) is 19.2 Å². The summed E-state index contributed by atoms with van der Waals surface area (Å²) in [5, 5.41) is 3.64. The van der Waals surface area contributed by atoms with Crippen LogP contribution in [0.4, 0.5) is 0 Å². The number of benzene rings is 1. The third-order valence-corrected chi connectivity index (χ3v) is 3.93. The topological polar surface area (TPSA) is 77.5 Å². The van der Waals surface area contributed by atoms with E-state index in [-0.39, 0.29) is 30.9 Å². The first-order chi connectivity index (χ1) is 11.4. The van der Waals surface area contributed by atoms with E-state index in [0.717, 1.165) is 12.0 Å². The number of rotatable bonds is 7. The van der Waals surface area contributed by atoms with E-state index in [1.165, 1.54) is 6.26 Å². The summed E-state index contributed by atoms with van der Waals surface area (Å²) in [6.45, 7) is 4.45. The highest BCUT2D eigenvalue weighted by molar-refractivity contribution is 6.30. The summed E-state index contributed by atoms with van der Waals surface area (Å²) in [7, 11) is 1.60. The molecule has 1 heterocycles. The van der Waals surface area contributed by atoms with E-state index < -0.39 is 0 Å². The maximum atomic E-state index is 12.5. The van der Waals surface area contributed by atoms with Crippen LogP contribution in [0.2, 0.25) is 5.02 Å². The average Bonchev–Trinajstić information content (AvgIpc) is 3.03. The zero-order chi connectivity index (χ0) is 17.7. The summed E-state index contributed by atoms with van der Waals surface area (Å²) in [5.74, 6) is 1.43. The summed E-state index contributed by atoms with van der Waals surface area (Å²) < 4.78 is 10.7. The van der Waals surface area contributed by atoms with Crippen molar-refractivity contribution in [3.8, 4) is 5.75 Å². The lowest BCUT2D eigenvalue weighted by molar-refractivity contribution is 0.0931. The Morgan fingerprint density at radius 1 is 1.36 bits per heavy atom. The quantitative estimate of drug-likeness (QED) is 0.741. The fraction of sp³-hybridized carbons (Fsp3) is 0.389. The number of nitrogens with two attached hydrogens (primary N) is 1. The molecule has 1 amide bonds. The van der Waals surface area contributed by atoms with Crippen LogP contribution in [-0.4, -0.2) is 13.0 Å². The van der Waals surface area contributed by atoms with Gasteiger partial charge in [0.15, 0.2) is 0 Å². The first-order valence-corrected chi connectivity index (χ1v) is 8.24. The average molecular weight is 387 g/mol. The summed E-state index contributed by atoms with van der Waals surface area (Å²) in [5.41, 5.74) is 6.82. The zero-order valence-electron chi connectivity index (χ0n) is 14.5. The molecule has 0 radical (unpaired) electrons. The van der Waals surface area contributed by atoms with E-state index in [0.29, 0.717) is 28.0 Å². The number of hydrogen-bond donors (Lipinski definition) is 2. The second-order valence-corrected chi connectivity index (χ2v) is 6.48. The molecule has 2 aromatic rings. The number of ether oxygens (including phenoxy) is 1. The molecule has 0 spiro atoms. The monoisotopic (exact) mass is 386 g/mol. The molecule has 1 unspecified atom stereocenters. The Morgan fingerprint density at radius 3 is 2.64 bits per heavy atom. The number of carbonyl (C=O) groups excluding carboxylic acids is 1. The van der Waals surface area contributed by atoms with Gasteiger partial charge in [-0.05, 0) is 36.6 Å². The van der Waals surface area contributed by atoms with Crippen LogP contribution in [0.5, 0.6) is 5.75 Å². The summed E-state index contributed by atoms with van der Waals surface area (Å²) in [6, 6.07) is 6.83. The summed E-state index contributed by atoms with van der Waals surface area (Å²) in [6.07, 6.45) is 2.17. The summed E-state index contributed by atoms with van der Waals surface area (Å²) >= 11 is 6.13. The van der Waals surface area contributed by atoms with Gasteiger partial charge in [-0.2, -0.15) is 0 Å². The molecule has 0 fully saturated rings. The van der Waals surface area contributed by atoms with E-state index >= 15 is 0 Å². The van der Waals surface area contributed by atoms with Gasteiger partial charge in [0.25, 0.3) is 5.91 Å². The lowest BCUT2D eigenvalue weighted by Gasteiger charge is -2.23. The Bertz CT molecular complexity index is 701. The molecule has 2 rings (SSSR count). The van der Waals surface area contributed by atoms with Crippen molar-refractivity contribution < 1.29 is 13.9 Å². The van der Waals surface area contributed by atoms with E-state index in [9.17, 15) is 4.79 Å². The molecule has 0 saturated heterocycles. The minimum absolute atomic E-state index is 0. The Morgan fingerprint density at radius 2 is 2.08 bits per heavy atom. The van der Waals surface area contributed by atoms with Crippen molar-refractivity contribution in [1.82, 2.24) is 5.32 Å². The van der Waals surface area contributed by atoms with Crippen LogP contribution in [0, 0.1) is 5.92 Å². The molecule has 0 saturated carbocycles. The predicted octanol–water partition coefficient (Wildman–Crippen LogP) is 4.34. The lowest BCUT2D eigenvalue weighted by Crippen LogP contribution is -2.29. The second-order valence-electron chi connectivity index (χ2n) is 6.05. The van der Waals surface area contributed by atoms with Crippen molar-refractivity contribution in [3.05, 3.63) is 52.4 Å². The third kappa shape index (κ3) is 5.66. The van der Waals surface area contributed by atoms with Crippen LogP contribution in [0.25, 0.3) is 0 Å². The van der Waals surface area contributed by atoms with Gasteiger partial charge in [-0.15, -0.1) is 12.4 Å². The molecule has 25 heavy (non-hydrogen) atoms. The van der Waals surface area contributed by atoms with Crippen molar-refractivity contribution in [3.63, 3.8) is 0 Å². The fourth-order valence-corrected chi connectivity index (χ4v) is 2.74. The Balaban J connectivity index is 0.00000312. The van der Waals surface area contributed by atoms with Crippen molar-refractivity contribution in [2.24, 2.45) is 11.7 Å². The van der Waals surface area contributed by atoms with E-state index in [1.807, 2.05) is 12.1 Å². The summed E-state index contributed by atoms with van der Waals surface area (Å²) in [4.78, 5) is 12.5. The Kier molecular flexibility index (Phi) is 8.29. The van der Waals surface area contributed by atoms with Crippen LogP contribution >= 0.6 is 24.0 Å². The van der Waals surface area contributed by atoms with Crippen molar-refractivity contribution in [1.29, 1.82) is 0 Å². The number of halogens is 2. The highest BCUT2D eigenvalue weighted by Crippen LogP contribution is 2.32. The standard InChI is InChI=1S/C18H23ClN2O3.ClH/c1-11(2)6-16(15-8-13(19)4-5-17(15)23-3)21-18(22)12-7-14(9-20)24-10-12;/h4-5,7-8,10-11,16H,6,9,20H2,1-3H3,(H,21,22);1H. The van der Waals surface area contributed by atoms with Crippen LogP contribution in [0.3, 0.4) is 0 Å². The van der Waals surface area contributed by atoms with Crippen molar-refractivity contribution in [2.45, 2.75) is 32.9 Å². The van der Waals surface area contributed by atoms with Gasteiger partial charge in [-0.25, -0.2) is 0 Å². The second kappa shape index (κ2) is 9.70. The molecular formula is C18H24Cl2N2O3. The normalized spacial score (nSPS) is 11.8. The number of methoxy groups -OCH3 is 1. The number of amides is 1. The molecule has 0 aliphatic heterocycles. The molecule has 5 nitrogen and oxygen atoms in total. The van der Waals surface area contributed by atoms with Gasteiger partial charge in [0.05, 0.1) is 25.3 Å². The Labute approximate surface area is 159 Å². The maximum absolute atomic E-state index is 12.5. The van der Waals surface area contributed by atoms with Crippen molar-refractivity contribution >= 4 is 29.9 Å². The highest BCUT2D eigenvalue weighted by atomic mass is 35.5. The van der Waals surface area contributed by atoms with Gasteiger partial charge in [-0.1, -0.05) is 25.4 Å². The van der Waals surface area contributed by atoms with Crippen molar-refractivity contribution in [2.75, 3.05) is 7.11 Å². The highest BCUT2D eigenvalue weighted by Gasteiger charge is 2.22. The smallest absolute Gasteiger partial charge is 0.255 e. The van der Waals surface area contributed by atoms with Gasteiger partial charge < -0.3 is 20.2 Å². The van der Waals surface area contributed by atoms with Crippen LogP contribution < -0.4 is 15.8 Å². The first-order valence-electron chi connectivity index (χ1n) is 7.86. The van der Waals surface area contributed by atoms with Gasteiger partial charge in [0.1, 0.15) is 17.8 Å². The molecule has 1 aromatic heterocycles. The van der Waals surface area contributed by atoms with Gasteiger partial charge in [0.2, 0.25) is 0 Å². The molecular weight excluding hydrogens is 363 g/mol. The SMILES string of the molecule is COc1ccc(Cl)cc1C(CC(C)C)NC(=O)c1coc(CN)c1.Cl. The molecule has 3 N–H and O–H groups in total. The van der Waals surface area contributed by atoms with E-state index in [4.69, 9.17) is 26.5 Å². The van der Waals surface area contributed by atoms with Gasteiger partial charge in [-0.3, -0.25) is 4.79 Å². The Hall–Kier alpha value is -1.69. The fourth-order valence-electron chi connectivity index (χ4n) is 2.56. The minimum Gasteiger partial charge on any atom is -0.496 e. The van der Waals surface area contributed by atoms with Crippen LogP contribution in [0.1, 0.15) is 48.0 Å².